The lowest BCUT2D eigenvalue weighted by molar-refractivity contribution is 0.156. The van der Waals surface area contributed by atoms with Crippen molar-refractivity contribution in [2.24, 2.45) is 17.3 Å². The summed E-state index contributed by atoms with van der Waals surface area (Å²) in [4.78, 5) is 0. The molecule has 3 unspecified atom stereocenters. The summed E-state index contributed by atoms with van der Waals surface area (Å²) < 4.78 is 13.4. The third kappa shape index (κ3) is 2.76. The molecule has 20 heavy (non-hydrogen) atoms. The Hall–Kier alpha value is -0.890. The summed E-state index contributed by atoms with van der Waals surface area (Å²) in [5.41, 5.74) is 1.56. The highest BCUT2D eigenvalue weighted by Gasteiger charge is 2.50. The van der Waals surface area contributed by atoms with Gasteiger partial charge in [0, 0.05) is 6.54 Å². The van der Waals surface area contributed by atoms with Crippen LogP contribution in [0.25, 0.3) is 0 Å². The largest absolute Gasteiger partial charge is 0.316 e. The van der Waals surface area contributed by atoms with Crippen LogP contribution in [-0.2, 0) is 6.42 Å². The van der Waals surface area contributed by atoms with Crippen molar-refractivity contribution in [2.45, 2.75) is 45.4 Å². The fraction of sp³-hybridized carbons (Fsp3) is 0.667. The third-order valence-electron chi connectivity index (χ3n) is 5.45. The molecule has 110 valence electrons. The van der Waals surface area contributed by atoms with Gasteiger partial charge in [0.2, 0.25) is 0 Å². The Balaban J connectivity index is 1.76. The summed E-state index contributed by atoms with van der Waals surface area (Å²) in [5.74, 6) is 1.68. The molecule has 0 saturated heterocycles. The number of rotatable bonds is 6. The number of benzene rings is 1. The monoisotopic (exact) mass is 275 g/mol. The van der Waals surface area contributed by atoms with Crippen LogP contribution in [0.15, 0.2) is 24.3 Å². The molecule has 0 heterocycles. The van der Waals surface area contributed by atoms with Crippen LogP contribution >= 0.6 is 0 Å². The average Bonchev–Trinajstić information content (AvgIpc) is 3.00. The highest BCUT2D eigenvalue weighted by molar-refractivity contribution is 5.20. The van der Waals surface area contributed by atoms with Crippen LogP contribution in [0, 0.1) is 23.1 Å². The van der Waals surface area contributed by atoms with Crippen molar-refractivity contribution < 1.29 is 4.39 Å². The Morgan fingerprint density at radius 1 is 1.35 bits per heavy atom. The van der Waals surface area contributed by atoms with Crippen LogP contribution in [-0.4, -0.2) is 13.1 Å². The predicted octanol–water partition coefficient (Wildman–Crippen LogP) is 4.17. The first-order chi connectivity index (χ1) is 9.72. The van der Waals surface area contributed by atoms with Gasteiger partial charge >= 0.3 is 0 Å². The SMILES string of the molecule is CCCNCC1(Cc2cccc(F)c2)CC2CCC1C2. The van der Waals surface area contributed by atoms with Gasteiger partial charge in [0.1, 0.15) is 5.82 Å². The van der Waals surface area contributed by atoms with Crippen LogP contribution in [0.4, 0.5) is 4.39 Å². The van der Waals surface area contributed by atoms with Gasteiger partial charge in [0.05, 0.1) is 0 Å². The summed E-state index contributed by atoms with van der Waals surface area (Å²) in [6, 6.07) is 7.22. The standard InChI is InChI=1S/C18H26FN/c1-2-8-20-13-18(12-15-6-7-16(18)9-15)11-14-4-3-5-17(19)10-14/h3-5,10,15-16,20H,2,6-9,11-13H2,1H3. The van der Waals surface area contributed by atoms with E-state index in [4.69, 9.17) is 0 Å². The zero-order valence-electron chi connectivity index (χ0n) is 12.5. The molecule has 2 saturated carbocycles. The fourth-order valence-corrected chi connectivity index (χ4v) is 4.62. The van der Waals surface area contributed by atoms with Crippen LogP contribution in [0.5, 0.6) is 0 Å². The normalized spacial score (nSPS) is 31.9. The van der Waals surface area contributed by atoms with E-state index in [1.807, 2.05) is 6.07 Å². The molecule has 2 heteroatoms. The molecule has 1 nitrogen and oxygen atoms in total. The molecular formula is C18H26FN. The molecule has 1 aromatic carbocycles. The van der Waals surface area contributed by atoms with Crippen molar-refractivity contribution >= 4 is 0 Å². The second kappa shape index (κ2) is 5.85. The van der Waals surface area contributed by atoms with E-state index in [0.717, 1.165) is 31.3 Å². The predicted molar refractivity (Wildman–Crippen MR) is 81.1 cm³/mol. The van der Waals surface area contributed by atoms with E-state index in [9.17, 15) is 4.39 Å². The van der Waals surface area contributed by atoms with Crippen LogP contribution in [0.3, 0.4) is 0 Å². The minimum Gasteiger partial charge on any atom is -0.316 e. The van der Waals surface area contributed by atoms with Crippen molar-refractivity contribution in [1.82, 2.24) is 5.32 Å². The number of halogens is 1. The topological polar surface area (TPSA) is 12.0 Å². The van der Waals surface area contributed by atoms with Crippen LogP contribution in [0.1, 0.15) is 44.6 Å². The lowest BCUT2D eigenvalue weighted by atomic mass is 9.69. The Kier molecular flexibility index (Phi) is 4.11. The molecule has 2 bridgehead atoms. The van der Waals surface area contributed by atoms with E-state index in [0.29, 0.717) is 5.41 Å². The maximum atomic E-state index is 13.4. The third-order valence-corrected chi connectivity index (χ3v) is 5.45. The zero-order chi connectivity index (χ0) is 14.0. The Bertz CT molecular complexity index is 458. The van der Waals surface area contributed by atoms with Gasteiger partial charge in [-0.3, -0.25) is 0 Å². The summed E-state index contributed by atoms with van der Waals surface area (Å²) in [6.45, 7) is 4.42. The molecule has 2 aliphatic carbocycles. The molecule has 1 N–H and O–H groups in total. The molecule has 0 spiro atoms. The summed E-state index contributed by atoms with van der Waals surface area (Å²) >= 11 is 0. The molecule has 3 rings (SSSR count). The smallest absolute Gasteiger partial charge is 0.123 e. The molecule has 0 aromatic heterocycles. The van der Waals surface area contributed by atoms with Crippen LogP contribution in [0.2, 0.25) is 0 Å². The molecule has 1 aromatic rings. The summed E-state index contributed by atoms with van der Waals surface area (Å²) in [6.07, 6.45) is 7.78. The Morgan fingerprint density at radius 2 is 2.25 bits per heavy atom. The average molecular weight is 275 g/mol. The van der Waals surface area contributed by atoms with Gasteiger partial charge < -0.3 is 5.32 Å². The number of nitrogens with one attached hydrogen (secondary N) is 1. The summed E-state index contributed by atoms with van der Waals surface area (Å²) in [7, 11) is 0. The first kappa shape index (κ1) is 14.1. The number of hydrogen-bond acceptors (Lipinski definition) is 1. The fourth-order valence-electron chi connectivity index (χ4n) is 4.62. The van der Waals surface area contributed by atoms with E-state index in [2.05, 4.69) is 18.3 Å². The van der Waals surface area contributed by atoms with Crippen molar-refractivity contribution in [1.29, 1.82) is 0 Å². The zero-order valence-corrected chi connectivity index (χ0v) is 12.5. The molecular weight excluding hydrogens is 249 g/mol. The van der Waals surface area contributed by atoms with Crippen LogP contribution < -0.4 is 5.32 Å². The lowest BCUT2D eigenvalue weighted by Crippen LogP contribution is -2.40. The molecule has 0 amide bonds. The summed E-state index contributed by atoms with van der Waals surface area (Å²) in [5, 5.41) is 3.64. The number of hydrogen-bond donors (Lipinski definition) is 1. The van der Waals surface area contributed by atoms with Gasteiger partial charge in [0.15, 0.2) is 0 Å². The highest BCUT2D eigenvalue weighted by atomic mass is 19.1. The second-order valence-corrected chi connectivity index (χ2v) is 6.93. The minimum absolute atomic E-state index is 0.0951. The first-order valence-electron chi connectivity index (χ1n) is 8.17. The number of fused-ring (bicyclic) bond motifs is 2. The molecule has 2 fully saturated rings. The van der Waals surface area contributed by atoms with Crippen molar-refractivity contribution in [3.63, 3.8) is 0 Å². The molecule has 0 radical (unpaired) electrons. The van der Waals surface area contributed by atoms with Gasteiger partial charge in [-0.1, -0.05) is 25.5 Å². The van der Waals surface area contributed by atoms with Gasteiger partial charge in [-0.05, 0) is 73.6 Å². The van der Waals surface area contributed by atoms with E-state index in [1.165, 1.54) is 37.7 Å². The van der Waals surface area contributed by atoms with Gasteiger partial charge in [0.25, 0.3) is 0 Å². The van der Waals surface area contributed by atoms with Gasteiger partial charge in [-0.2, -0.15) is 0 Å². The lowest BCUT2D eigenvalue weighted by Gasteiger charge is -2.38. The van der Waals surface area contributed by atoms with Crippen molar-refractivity contribution in [3.8, 4) is 0 Å². The molecule has 2 aliphatic rings. The van der Waals surface area contributed by atoms with E-state index in [-0.39, 0.29) is 5.82 Å². The van der Waals surface area contributed by atoms with E-state index >= 15 is 0 Å². The second-order valence-electron chi connectivity index (χ2n) is 6.93. The maximum absolute atomic E-state index is 13.4. The van der Waals surface area contributed by atoms with Gasteiger partial charge in [-0.25, -0.2) is 4.39 Å². The Morgan fingerprint density at radius 3 is 2.90 bits per heavy atom. The maximum Gasteiger partial charge on any atom is 0.123 e. The van der Waals surface area contributed by atoms with Crippen molar-refractivity contribution in [3.05, 3.63) is 35.6 Å². The first-order valence-corrected chi connectivity index (χ1v) is 8.17. The van der Waals surface area contributed by atoms with E-state index in [1.54, 1.807) is 12.1 Å². The minimum atomic E-state index is -0.0951. The molecule has 3 atom stereocenters. The molecule has 0 aliphatic heterocycles. The van der Waals surface area contributed by atoms with Gasteiger partial charge in [-0.15, -0.1) is 0 Å². The van der Waals surface area contributed by atoms with E-state index < -0.39 is 0 Å². The highest BCUT2D eigenvalue weighted by Crippen LogP contribution is 2.57. The Labute approximate surface area is 122 Å². The quantitative estimate of drug-likeness (QED) is 0.768. The van der Waals surface area contributed by atoms with Crippen molar-refractivity contribution in [2.75, 3.05) is 13.1 Å².